The van der Waals surface area contributed by atoms with Crippen LogP contribution < -0.4 is 11.2 Å². The van der Waals surface area contributed by atoms with Crippen LogP contribution in [-0.2, 0) is 17.7 Å². The van der Waals surface area contributed by atoms with Gasteiger partial charge in [0.1, 0.15) is 6.07 Å². The van der Waals surface area contributed by atoms with Gasteiger partial charge in [-0.2, -0.15) is 11.2 Å². The average Bonchev–Trinajstić information content (AvgIpc) is 3.07. The molecule has 2 aromatic rings. The third kappa shape index (κ3) is 6.43. The van der Waals surface area contributed by atoms with Crippen LogP contribution in [0.3, 0.4) is 0 Å². The van der Waals surface area contributed by atoms with Crippen molar-refractivity contribution in [3.05, 3.63) is 70.8 Å². The molecule has 1 atom stereocenters. The number of nitrogens with two attached hydrogens (primary N) is 1. The number of fused-ring (bicyclic) bond motifs is 1. The van der Waals surface area contributed by atoms with E-state index in [1.54, 1.807) is 6.07 Å². The van der Waals surface area contributed by atoms with Gasteiger partial charge in [0.15, 0.2) is 0 Å². The van der Waals surface area contributed by atoms with Crippen LogP contribution in [0, 0.1) is 11.3 Å². The number of aliphatic imine (C=N–C) groups is 1. The van der Waals surface area contributed by atoms with E-state index in [4.69, 9.17) is 15.8 Å². The summed E-state index contributed by atoms with van der Waals surface area (Å²) in [6.07, 6.45) is 1.93. The molecule has 1 aliphatic heterocycles. The van der Waals surface area contributed by atoms with Gasteiger partial charge in [-0.3, -0.25) is 0 Å². The number of anilines is 1. The van der Waals surface area contributed by atoms with Crippen LogP contribution >= 0.6 is 0 Å². The molecule has 180 valence electrons. The lowest BCUT2D eigenvalue weighted by atomic mass is 9.99. The topological polar surface area (TPSA) is 127 Å². The number of benzene rings is 2. The number of nitrogens with zero attached hydrogens (tertiary/aromatic N) is 3. The summed E-state index contributed by atoms with van der Waals surface area (Å²) in [4.78, 5) is 11.7. The molecular weight excluding hydrogens is 430 g/mol. The lowest BCUT2D eigenvalue weighted by molar-refractivity contribution is 0.0605. The second kappa shape index (κ2) is 12.3. The molecular formula is C26H33N5O3. The van der Waals surface area contributed by atoms with Crippen LogP contribution in [0.2, 0.25) is 0 Å². The van der Waals surface area contributed by atoms with E-state index in [0.717, 1.165) is 50.1 Å². The monoisotopic (exact) mass is 463 g/mol. The molecule has 0 saturated carbocycles. The van der Waals surface area contributed by atoms with Gasteiger partial charge in [-0.15, -0.1) is 0 Å². The summed E-state index contributed by atoms with van der Waals surface area (Å²) in [5, 5.41) is 31.6. The van der Waals surface area contributed by atoms with Crippen molar-refractivity contribution < 1.29 is 15.1 Å². The number of nitriles is 1. The van der Waals surface area contributed by atoms with Crippen LogP contribution in [0.15, 0.2) is 48.0 Å². The molecule has 8 nitrogen and oxygen atoms in total. The quantitative estimate of drug-likeness (QED) is 0.256. The van der Waals surface area contributed by atoms with E-state index < -0.39 is 6.10 Å². The molecule has 0 spiro atoms. The Morgan fingerprint density at radius 1 is 1.24 bits per heavy atom. The normalized spacial score (nSPS) is 15.1. The highest BCUT2D eigenvalue weighted by Gasteiger charge is 2.17. The molecule has 1 aliphatic rings. The molecule has 0 bridgehead atoms. The molecule has 0 fully saturated rings. The van der Waals surface area contributed by atoms with Gasteiger partial charge in [-0.05, 0) is 60.2 Å². The predicted octanol–water partition coefficient (Wildman–Crippen LogP) is 2.44. The minimum atomic E-state index is -0.724. The van der Waals surface area contributed by atoms with E-state index in [9.17, 15) is 10.4 Å². The predicted molar refractivity (Wildman–Crippen MR) is 134 cm³/mol. The molecule has 2 aromatic carbocycles. The Bertz CT molecular complexity index is 1080. The Morgan fingerprint density at radius 3 is 2.65 bits per heavy atom. The number of hydrogen-bond donors (Lipinski definition) is 4. The molecule has 0 radical (unpaired) electrons. The highest BCUT2D eigenvalue weighted by atomic mass is 16.6. The van der Waals surface area contributed by atoms with Crippen molar-refractivity contribution in [3.63, 3.8) is 0 Å². The SMILES string of the molecule is C=C(N=C(ON)c1ccc(NCCC)c(C#N)c1)c1ccc2c(c1)CCN(CC(O)CO)CC2. The summed E-state index contributed by atoms with van der Waals surface area (Å²) in [5.41, 5.74) is 5.67. The molecule has 34 heavy (non-hydrogen) atoms. The highest BCUT2D eigenvalue weighted by molar-refractivity contribution is 5.98. The summed E-state index contributed by atoms with van der Waals surface area (Å²) < 4.78 is 0. The number of aliphatic hydroxyl groups excluding tert-OH is 2. The van der Waals surface area contributed by atoms with Gasteiger partial charge in [0.05, 0.1) is 29.7 Å². The van der Waals surface area contributed by atoms with E-state index >= 15 is 0 Å². The molecule has 0 aromatic heterocycles. The fraction of sp³-hybridized carbons (Fsp3) is 0.385. The summed E-state index contributed by atoms with van der Waals surface area (Å²) in [6, 6.07) is 13.7. The first-order chi connectivity index (χ1) is 16.5. The fourth-order valence-electron chi connectivity index (χ4n) is 4.02. The van der Waals surface area contributed by atoms with Crippen molar-refractivity contribution in [1.82, 2.24) is 4.90 Å². The Hall–Kier alpha value is -3.22. The van der Waals surface area contributed by atoms with Gasteiger partial charge < -0.3 is 25.3 Å². The summed E-state index contributed by atoms with van der Waals surface area (Å²) in [6.45, 7) is 8.80. The van der Waals surface area contributed by atoms with Gasteiger partial charge in [-0.25, -0.2) is 4.99 Å². The maximum absolute atomic E-state index is 9.76. The Labute approximate surface area is 200 Å². The Morgan fingerprint density at radius 2 is 1.97 bits per heavy atom. The lowest BCUT2D eigenvalue weighted by Crippen LogP contribution is -2.35. The molecule has 0 amide bonds. The van der Waals surface area contributed by atoms with Gasteiger partial charge >= 0.3 is 0 Å². The minimum Gasteiger partial charge on any atom is -0.394 e. The standard InChI is InChI=1S/C26H33N5O3/c1-3-10-29-25-7-6-22(14-23(25)15-27)26(34-28)30-18(2)20-5-4-19-8-11-31(16-24(33)17-32)12-9-21(19)13-20/h4-7,13-14,24,29,32-33H,2-3,8-12,16-17,28H2,1H3. The zero-order chi connectivity index (χ0) is 24.5. The molecule has 8 heteroatoms. The summed E-state index contributed by atoms with van der Waals surface area (Å²) in [5.74, 6) is 5.71. The third-order valence-electron chi connectivity index (χ3n) is 5.91. The summed E-state index contributed by atoms with van der Waals surface area (Å²) in [7, 11) is 0. The van der Waals surface area contributed by atoms with Gasteiger partial charge in [0, 0.05) is 31.7 Å². The van der Waals surface area contributed by atoms with Gasteiger partial charge in [0.25, 0.3) is 0 Å². The molecule has 1 unspecified atom stereocenters. The zero-order valence-corrected chi connectivity index (χ0v) is 19.6. The number of hydrogen-bond acceptors (Lipinski definition) is 8. The van der Waals surface area contributed by atoms with E-state index in [2.05, 4.69) is 46.9 Å². The van der Waals surface area contributed by atoms with Crippen molar-refractivity contribution in [1.29, 1.82) is 5.26 Å². The van der Waals surface area contributed by atoms with Crippen LogP contribution in [0.4, 0.5) is 5.69 Å². The molecule has 0 saturated heterocycles. The number of rotatable bonds is 9. The Balaban J connectivity index is 1.78. The van der Waals surface area contributed by atoms with Gasteiger partial charge in [-0.1, -0.05) is 25.6 Å². The van der Waals surface area contributed by atoms with Crippen molar-refractivity contribution in [3.8, 4) is 6.07 Å². The number of aliphatic hydroxyl groups is 2. The van der Waals surface area contributed by atoms with Gasteiger partial charge in [0.2, 0.25) is 5.90 Å². The van der Waals surface area contributed by atoms with Crippen LogP contribution in [0.1, 0.15) is 41.2 Å². The van der Waals surface area contributed by atoms with Crippen LogP contribution in [0.25, 0.3) is 5.70 Å². The van der Waals surface area contributed by atoms with Crippen LogP contribution in [0.5, 0.6) is 0 Å². The molecule has 1 heterocycles. The molecule has 5 N–H and O–H groups in total. The summed E-state index contributed by atoms with van der Waals surface area (Å²) >= 11 is 0. The van der Waals surface area contributed by atoms with E-state index in [-0.39, 0.29) is 12.5 Å². The van der Waals surface area contributed by atoms with E-state index in [1.165, 1.54) is 11.1 Å². The van der Waals surface area contributed by atoms with Crippen molar-refractivity contribution in [2.24, 2.45) is 10.9 Å². The molecule has 3 rings (SSSR count). The second-order valence-electron chi connectivity index (χ2n) is 8.40. The first-order valence-electron chi connectivity index (χ1n) is 11.5. The first kappa shape index (κ1) is 25.4. The van der Waals surface area contributed by atoms with Crippen molar-refractivity contribution >= 4 is 17.3 Å². The lowest BCUT2D eigenvalue weighted by Gasteiger charge is -2.21. The third-order valence-corrected chi connectivity index (χ3v) is 5.91. The molecule has 0 aliphatic carbocycles. The number of nitrogens with one attached hydrogen (secondary N) is 1. The second-order valence-corrected chi connectivity index (χ2v) is 8.40. The van der Waals surface area contributed by atoms with Crippen LogP contribution in [-0.4, -0.2) is 59.9 Å². The average molecular weight is 464 g/mol. The highest BCUT2D eigenvalue weighted by Crippen LogP contribution is 2.24. The maximum Gasteiger partial charge on any atom is 0.245 e. The van der Waals surface area contributed by atoms with E-state index in [1.807, 2.05) is 18.2 Å². The van der Waals surface area contributed by atoms with E-state index in [0.29, 0.717) is 23.4 Å². The van der Waals surface area contributed by atoms with Crippen molar-refractivity contribution in [2.75, 3.05) is 38.1 Å². The fourth-order valence-corrected chi connectivity index (χ4v) is 4.02. The number of β-amino-alcohol motifs (C(OH)–C–C–N with tert-alkyl or cyclic N) is 1. The largest absolute Gasteiger partial charge is 0.394 e. The Kier molecular flexibility index (Phi) is 9.19. The maximum atomic E-state index is 9.76. The zero-order valence-electron chi connectivity index (χ0n) is 19.6. The first-order valence-corrected chi connectivity index (χ1v) is 11.5. The minimum absolute atomic E-state index is 0.183. The smallest absolute Gasteiger partial charge is 0.245 e. The van der Waals surface area contributed by atoms with Crippen molar-refractivity contribution in [2.45, 2.75) is 32.3 Å².